The molecule has 2 aromatic rings. The molecule has 1 saturated heterocycles. The molecule has 0 N–H and O–H groups in total. The van der Waals surface area contributed by atoms with E-state index >= 15 is 0 Å². The van der Waals surface area contributed by atoms with Crippen LogP contribution in [0.15, 0.2) is 35.2 Å². The number of carbonyl (C=O) groups is 1. The zero-order chi connectivity index (χ0) is 22.2. The molecule has 0 unspecified atom stereocenters. The molecule has 6 nitrogen and oxygen atoms in total. The molecule has 1 aliphatic heterocycles. The van der Waals surface area contributed by atoms with Gasteiger partial charge in [0.25, 0.3) is 5.91 Å². The molecule has 1 fully saturated rings. The number of hydrogen-bond donors (Lipinski definition) is 0. The van der Waals surface area contributed by atoms with Crippen LogP contribution in [0.5, 0.6) is 0 Å². The Kier molecular flexibility index (Phi) is 6.43. The van der Waals surface area contributed by atoms with E-state index < -0.39 is 10.0 Å². The van der Waals surface area contributed by atoms with Gasteiger partial charge in [-0.1, -0.05) is 26.0 Å². The highest BCUT2D eigenvalue weighted by atomic mass is 32.2. The lowest BCUT2D eigenvalue weighted by atomic mass is 10.0. The van der Waals surface area contributed by atoms with Crippen LogP contribution in [0.1, 0.15) is 67.0 Å². The minimum atomic E-state index is -3.55. The minimum Gasteiger partial charge on any atom is -0.346 e. The molecule has 3 rings (SSSR count). The number of rotatable bonds is 5. The summed E-state index contributed by atoms with van der Waals surface area (Å²) in [5, 5.41) is 0. The number of aromatic nitrogens is 1. The number of carbonyl (C=O) groups excluding carboxylic acids is 1. The van der Waals surface area contributed by atoms with E-state index in [9.17, 15) is 13.2 Å². The molecular weight excluding hydrogens is 398 g/mol. The topological polar surface area (TPSA) is 62.6 Å². The number of aryl methyl sites for hydroxylation is 1. The Balaban J connectivity index is 1.71. The molecule has 7 heteroatoms. The number of piperazine rings is 1. The fraction of sp³-hybridized carbons (Fsp3) is 0.522. The first-order valence-electron chi connectivity index (χ1n) is 10.6. The van der Waals surface area contributed by atoms with Crippen molar-refractivity contribution in [3.05, 3.63) is 52.8 Å². The van der Waals surface area contributed by atoms with Crippen molar-refractivity contribution in [2.75, 3.05) is 26.2 Å². The van der Waals surface area contributed by atoms with Gasteiger partial charge in [0.2, 0.25) is 10.0 Å². The number of benzene rings is 1. The summed E-state index contributed by atoms with van der Waals surface area (Å²) in [5.41, 5.74) is 3.86. The van der Waals surface area contributed by atoms with Gasteiger partial charge in [-0.15, -0.1) is 0 Å². The van der Waals surface area contributed by atoms with E-state index in [-0.39, 0.29) is 11.9 Å². The summed E-state index contributed by atoms with van der Waals surface area (Å²) in [6.07, 6.45) is 0. The van der Waals surface area contributed by atoms with Gasteiger partial charge in [0.15, 0.2) is 0 Å². The summed E-state index contributed by atoms with van der Waals surface area (Å²) in [6, 6.07) is 9.35. The second kappa shape index (κ2) is 8.55. The van der Waals surface area contributed by atoms with Crippen LogP contribution in [0, 0.1) is 13.8 Å². The largest absolute Gasteiger partial charge is 0.346 e. The van der Waals surface area contributed by atoms with Gasteiger partial charge in [-0.05, 0) is 57.4 Å². The monoisotopic (exact) mass is 431 g/mol. The minimum absolute atomic E-state index is 0.0201. The van der Waals surface area contributed by atoms with Crippen molar-refractivity contribution in [2.45, 2.75) is 58.4 Å². The maximum absolute atomic E-state index is 13.1. The maximum atomic E-state index is 13.1. The standard InChI is InChI=1S/C23H33N3O3S/c1-16(2)20-7-9-21(10-8-20)30(28,29)25-13-11-24(12-14-25)23(27)22-15-18(5)26(17(3)4)19(22)6/h7-10,15-17H,11-14H2,1-6H3. The molecule has 1 aromatic heterocycles. The van der Waals surface area contributed by atoms with Crippen molar-refractivity contribution in [2.24, 2.45) is 0 Å². The summed E-state index contributed by atoms with van der Waals surface area (Å²) in [6.45, 7) is 13.8. The molecule has 0 radical (unpaired) electrons. The molecule has 0 bridgehead atoms. The SMILES string of the molecule is Cc1cc(C(=O)N2CCN(S(=O)(=O)c3ccc(C(C)C)cc3)CC2)c(C)n1C(C)C. The van der Waals surface area contributed by atoms with Crippen LogP contribution in [0.25, 0.3) is 0 Å². The summed E-state index contributed by atoms with van der Waals surface area (Å²) < 4.78 is 29.7. The molecule has 0 spiro atoms. The molecule has 1 amide bonds. The Morgan fingerprint density at radius 2 is 1.50 bits per heavy atom. The zero-order valence-corrected chi connectivity index (χ0v) is 19.7. The van der Waals surface area contributed by atoms with Crippen molar-refractivity contribution in [3.8, 4) is 0 Å². The highest BCUT2D eigenvalue weighted by Crippen LogP contribution is 2.24. The lowest BCUT2D eigenvalue weighted by Crippen LogP contribution is -2.50. The van der Waals surface area contributed by atoms with Crippen molar-refractivity contribution in [1.29, 1.82) is 0 Å². The van der Waals surface area contributed by atoms with E-state index in [2.05, 4.69) is 32.3 Å². The van der Waals surface area contributed by atoms with Gasteiger partial charge in [0, 0.05) is 43.6 Å². The van der Waals surface area contributed by atoms with Crippen molar-refractivity contribution < 1.29 is 13.2 Å². The van der Waals surface area contributed by atoms with Crippen LogP contribution in [-0.4, -0.2) is 54.3 Å². The molecule has 30 heavy (non-hydrogen) atoms. The molecule has 0 aliphatic carbocycles. The Labute approximate surface area is 180 Å². The van der Waals surface area contributed by atoms with Gasteiger partial charge in [0.1, 0.15) is 0 Å². The van der Waals surface area contributed by atoms with Crippen molar-refractivity contribution >= 4 is 15.9 Å². The first kappa shape index (κ1) is 22.6. The van der Waals surface area contributed by atoms with E-state index in [1.165, 1.54) is 4.31 Å². The van der Waals surface area contributed by atoms with E-state index in [0.717, 1.165) is 17.0 Å². The first-order valence-corrected chi connectivity index (χ1v) is 12.1. The second-order valence-corrected chi connectivity index (χ2v) is 10.6. The number of nitrogens with zero attached hydrogens (tertiary/aromatic N) is 3. The predicted octanol–water partition coefficient (Wildman–Crippen LogP) is 3.96. The highest BCUT2D eigenvalue weighted by Gasteiger charge is 2.31. The van der Waals surface area contributed by atoms with Crippen LogP contribution >= 0.6 is 0 Å². The average Bonchev–Trinajstić information content (AvgIpc) is 3.01. The van der Waals surface area contributed by atoms with E-state index in [4.69, 9.17) is 0 Å². The molecule has 0 saturated carbocycles. The fourth-order valence-corrected chi connectivity index (χ4v) is 5.69. The average molecular weight is 432 g/mol. The number of sulfonamides is 1. The summed E-state index contributed by atoms with van der Waals surface area (Å²) in [4.78, 5) is 15.2. The zero-order valence-electron chi connectivity index (χ0n) is 18.8. The number of hydrogen-bond acceptors (Lipinski definition) is 3. The van der Waals surface area contributed by atoms with Crippen LogP contribution < -0.4 is 0 Å². The Hall–Kier alpha value is -2.12. The smallest absolute Gasteiger partial charge is 0.255 e. The summed E-state index contributed by atoms with van der Waals surface area (Å²) in [5.74, 6) is 0.335. The lowest BCUT2D eigenvalue weighted by molar-refractivity contribution is 0.0697. The predicted molar refractivity (Wildman–Crippen MR) is 119 cm³/mol. The fourth-order valence-electron chi connectivity index (χ4n) is 4.26. The molecular formula is C23H33N3O3S. The van der Waals surface area contributed by atoms with E-state index in [1.807, 2.05) is 32.0 Å². The van der Waals surface area contributed by atoms with Gasteiger partial charge in [-0.3, -0.25) is 4.79 Å². The summed E-state index contributed by atoms with van der Waals surface area (Å²) in [7, 11) is -3.55. The second-order valence-electron chi connectivity index (χ2n) is 8.67. The third-order valence-corrected chi connectivity index (χ3v) is 7.85. The van der Waals surface area contributed by atoms with Crippen molar-refractivity contribution in [3.63, 3.8) is 0 Å². The first-order chi connectivity index (χ1) is 14.0. The lowest BCUT2D eigenvalue weighted by Gasteiger charge is -2.34. The van der Waals surface area contributed by atoms with Crippen LogP contribution in [0.3, 0.4) is 0 Å². The van der Waals surface area contributed by atoms with Gasteiger partial charge < -0.3 is 9.47 Å². The van der Waals surface area contributed by atoms with Gasteiger partial charge in [0.05, 0.1) is 10.5 Å². The molecule has 0 atom stereocenters. The quantitative estimate of drug-likeness (QED) is 0.720. The van der Waals surface area contributed by atoms with Crippen LogP contribution in [-0.2, 0) is 10.0 Å². The number of amides is 1. The highest BCUT2D eigenvalue weighted by molar-refractivity contribution is 7.89. The van der Waals surface area contributed by atoms with Crippen molar-refractivity contribution in [1.82, 2.24) is 13.8 Å². The van der Waals surface area contributed by atoms with Gasteiger partial charge >= 0.3 is 0 Å². The normalized spacial score (nSPS) is 15.9. The Morgan fingerprint density at radius 3 is 1.97 bits per heavy atom. The third kappa shape index (κ3) is 4.18. The Morgan fingerprint density at radius 1 is 0.933 bits per heavy atom. The molecule has 1 aliphatic rings. The maximum Gasteiger partial charge on any atom is 0.255 e. The summed E-state index contributed by atoms with van der Waals surface area (Å²) >= 11 is 0. The van der Waals surface area contributed by atoms with Crippen LogP contribution in [0.2, 0.25) is 0 Å². The molecule has 164 valence electrons. The van der Waals surface area contributed by atoms with E-state index in [0.29, 0.717) is 42.6 Å². The van der Waals surface area contributed by atoms with Crippen LogP contribution in [0.4, 0.5) is 0 Å². The van der Waals surface area contributed by atoms with Gasteiger partial charge in [-0.25, -0.2) is 8.42 Å². The Bertz CT molecular complexity index is 1010. The molecule has 1 aromatic carbocycles. The van der Waals surface area contributed by atoms with E-state index in [1.54, 1.807) is 17.0 Å². The van der Waals surface area contributed by atoms with Gasteiger partial charge in [-0.2, -0.15) is 4.31 Å². The molecule has 2 heterocycles. The third-order valence-electron chi connectivity index (χ3n) is 5.94.